The van der Waals surface area contributed by atoms with Crippen LogP contribution in [0.15, 0.2) is 42.6 Å². The molecule has 0 fully saturated rings. The molecule has 2 rings (SSSR count). The molecule has 0 aliphatic rings. The van der Waals surface area contributed by atoms with Crippen LogP contribution in [0.25, 0.3) is 0 Å². The molecule has 1 aromatic heterocycles. The smallest absolute Gasteiger partial charge is 0.248 e. The van der Waals surface area contributed by atoms with Gasteiger partial charge in [0.25, 0.3) is 0 Å². The van der Waals surface area contributed by atoms with Crippen LogP contribution < -0.4 is 21.5 Å². The number of nitrogens with zero attached hydrogens (tertiary/aromatic N) is 1. The fraction of sp³-hybridized carbons (Fsp3) is 0.278. The van der Waals surface area contributed by atoms with E-state index in [1.165, 1.54) is 12.3 Å². The van der Waals surface area contributed by atoms with Crippen LogP contribution in [0.4, 0.5) is 5.69 Å². The van der Waals surface area contributed by atoms with Gasteiger partial charge in [0.15, 0.2) is 0 Å². The van der Waals surface area contributed by atoms with E-state index >= 15 is 0 Å². The highest BCUT2D eigenvalue weighted by Crippen LogP contribution is 2.21. The summed E-state index contributed by atoms with van der Waals surface area (Å²) in [6.07, 6.45) is 2.30. The van der Waals surface area contributed by atoms with Gasteiger partial charge in [0, 0.05) is 11.6 Å². The molecule has 1 heterocycles. The Morgan fingerprint density at radius 3 is 2.58 bits per heavy atom. The predicted molar refractivity (Wildman–Crippen MR) is 103 cm³/mol. The van der Waals surface area contributed by atoms with E-state index in [9.17, 15) is 9.59 Å². The van der Waals surface area contributed by atoms with Crippen LogP contribution in [0.2, 0.25) is 0 Å². The molecule has 2 unspecified atom stereocenters. The van der Waals surface area contributed by atoms with E-state index in [4.69, 9.17) is 16.2 Å². The molecule has 0 bridgehead atoms. The summed E-state index contributed by atoms with van der Waals surface area (Å²) in [5.74, 6) is 0.0754. The van der Waals surface area contributed by atoms with Crippen LogP contribution >= 0.6 is 12.4 Å². The van der Waals surface area contributed by atoms with E-state index in [1.54, 1.807) is 30.3 Å². The third-order valence-electron chi connectivity index (χ3n) is 3.90. The minimum atomic E-state index is -0.572. The topological polar surface area (TPSA) is 120 Å². The highest BCUT2D eigenvalue weighted by molar-refractivity contribution is 5.94. The number of rotatable bonds is 7. The summed E-state index contributed by atoms with van der Waals surface area (Å²) in [6, 6.07) is 9.20. The number of aromatic nitrogens is 1. The predicted octanol–water partition coefficient (Wildman–Crippen LogP) is 2.71. The number of benzene rings is 1. The van der Waals surface area contributed by atoms with Crippen LogP contribution in [0, 0.1) is 5.92 Å². The normalized spacial score (nSPS) is 12.4. The molecule has 140 valence electrons. The standard InChI is InChI=1S/C18H22N4O3.ClH/c1-3-11(2)16(19)18(24)22-13-7-8-15(21-10-13)25-14-6-4-5-12(9-14)17(20)23;/h4-11,16H,3,19H2,1-2H3,(H2,20,23)(H,22,24);1H. The van der Waals surface area contributed by atoms with Crippen molar-refractivity contribution < 1.29 is 14.3 Å². The summed E-state index contributed by atoms with van der Waals surface area (Å²) >= 11 is 0. The quantitative estimate of drug-likeness (QED) is 0.684. The largest absolute Gasteiger partial charge is 0.439 e. The lowest BCUT2D eigenvalue weighted by Crippen LogP contribution is -2.40. The number of amides is 2. The first kappa shape index (κ1) is 21.4. The number of halogens is 1. The minimum absolute atomic E-state index is 0. The van der Waals surface area contributed by atoms with E-state index in [1.807, 2.05) is 13.8 Å². The van der Waals surface area contributed by atoms with Crippen molar-refractivity contribution in [2.24, 2.45) is 17.4 Å². The molecule has 2 atom stereocenters. The maximum Gasteiger partial charge on any atom is 0.248 e. The van der Waals surface area contributed by atoms with Gasteiger partial charge in [-0.1, -0.05) is 26.3 Å². The van der Waals surface area contributed by atoms with Crippen molar-refractivity contribution in [3.63, 3.8) is 0 Å². The second kappa shape index (κ2) is 9.74. The van der Waals surface area contributed by atoms with Crippen LogP contribution in [0.5, 0.6) is 11.6 Å². The van der Waals surface area contributed by atoms with Gasteiger partial charge in [-0.3, -0.25) is 9.59 Å². The van der Waals surface area contributed by atoms with Gasteiger partial charge in [-0.05, 0) is 30.2 Å². The molecule has 0 spiro atoms. The summed E-state index contributed by atoms with van der Waals surface area (Å²) in [7, 11) is 0. The summed E-state index contributed by atoms with van der Waals surface area (Å²) in [5.41, 5.74) is 12.0. The van der Waals surface area contributed by atoms with E-state index in [0.717, 1.165) is 6.42 Å². The molecule has 2 aromatic rings. The van der Waals surface area contributed by atoms with Crippen molar-refractivity contribution in [1.29, 1.82) is 0 Å². The third kappa shape index (κ3) is 5.72. The zero-order valence-corrected chi connectivity index (χ0v) is 15.5. The third-order valence-corrected chi connectivity index (χ3v) is 3.90. The lowest BCUT2D eigenvalue weighted by Gasteiger charge is -2.17. The molecule has 1 aromatic carbocycles. The Morgan fingerprint density at radius 1 is 1.27 bits per heavy atom. The molecule has 2 amide bonds. The van der Waals surface area contributed by atoms with Gasteiger partial charge >= 0.3 is 0 Å². The van der Waals surface area contributed by atoms with Gasteiger partial charge in [-0.15, -0.1) is 12.4 Å². The average molecular weight is 379 g/mol. The average Bonchev–Trinajstić information content (AvgIpc) is 2.62. The maximum absolute atomic E-state index is 12.1. The molecule has 0 saturated carbocycles. The lowest BCUT2D eigenvalue weighted by atomic mass is 9.99. The second-order valence-electron chi connectivity index (χ2n) is 5.78. The molecular formula is C18H23ClN4O3. The summed E-state index contributed by atoms with van der Waals surface area (Å²) < 4.78 is 5.58. The summed E-state index contributed by atoms with van der Waals surface area (Å²) in [6.45, 7) is 3.92. The lowest BCUT2D eigenvalue weighted by molar-refractivity contribution is -0.118. The minimum Gasteiger partial charge on any atom is -0.439 e. The molecule has 0 saturated heterocycles. The van der Waals surface area contributed by atoms with Crippen LogP contribution in [-0.2, 0) is 4.79 Å². The highest BCUT2D eigenvalue weighted by atomic mass is 35.5. The first-order chi connectivity index (χ1) is 11.9. The molecule has 0 aliphatic heterocycles. The molecule has 0 aliphatic carbocycles. The second-order valence-corrected chi connectivity index (χ2v) is 5.78. The Hall–Kier alpha value is -2.64. The highest BCUT2D eigenvalue weighted by Gasteiger charge is 2.19. The van der Waals surface area contributed by atoms with Gasteiger partial charge in [-0.25, -0.2) is 4.98 Å². The SMILES string of the molecule is CCC(C)C(N)C(=O)Nc1ccc(Oc2cccc(C(N)=O)c2)nc1.Cl. The van der Waals surface area contributed by atoms with E-state index < -0.39 is 11.9 Å². The van der Waals surface area contributed by atoms with Gasteiger partial charge in [0.1, 0.15) is 5.75 Å². The number of ether oxygens (including phenoxy) is 1. The zero-order chi connectivity index (χ0) is 18.4. The summed E-state index contributed by atoms with van der Waals surface area (Å²) in [4.78, 5) is 27.4. The fourth-order valence-electron chi connectivity index (χ4n) is 2.09. The Balaban J connectivity index is 0.00000338. The Morgan fingerprint density at radius 2 is 2.00 bits per heavy atom. The van der Waals surface area contributed by atoms with E-state index in [-0.39, 0.29) is 24.2 Å². The van der Waals surface area contributed by atoms with Crippen molar-refractivity contribution in [2.75, 3.05) is 5.32 Å². The molecular weight excluding hydrogens is 356 g/mol. The maximum atomic E-state index is 12.1. The zero-order valence-electron chi connectivity index (χ0n) is 14.6. The van der Waals surface area contributed by atoms with Gasteiger partial charge in [-0.2, -0.15) is 0 Å². The molecule has 7 nitrogen and oxygen atoms in total. The number of hydrogen-bond acceptors (Lipinski definition) is 5. The Kier molecular flexibility index (Phi) is 8.02. The molecule has 0 radical (unpaired) electrons. The van der Waals surface area contributed by atoms with Gasteiger partial charge < -0.3 is 21.5 Å². The van der Waals surface area contributed by atoms with E-state index in [0.29, 0.717) is 22.9 Å². The molecule has 26 heavy (non-hydrogen) atoms. The number of primary amides is 1. The van der Waals surface area contributed by atoms with Crippen molar-refractivity contribution in [1.82, 2.24) is 4.98 Å². The Bertz CT molecular complexity index is 752. The van der Waals surface area contributed by atoms with Crippen molar-refractivity contribution >= 4 is 29.9 Å². The first-order valence-electron chi connectivity index (χ1n) is 8.01. The number of anilines is 1. The molecule has 5 N–H and O–H groups in total. The van der Waals surface area contributed by atoms with E-state index in [2.05, 4.69) is 10.3 Å². The number of nitrogens with two attached hydrogens (primary N) is 2. The van der Waals surface area contributed by atoms with Crippen LogP contribution in [0.3, 0.4) is 0 Å². The van der Waals surface area contributed by atoms with Gasteiger partial charge in [0.05, 0.1) is 17.9 Å². The van der Waals surface area contributed by atoms with Crippen molar-refractivity contribution in [3.05, 3.63) is 48.2 Å². The number of carbonyl (C=O) groups excluding carboxylic acids is 2. The van der Waals surface area contributed by atoms with Crippen LogP contribution in [-0.4, -0.2) is 22.8 Å². The fourth-order valence-corrected chi connectivity index (χ4v) is 2.09. The monoisotopic (exact) mass is 378 g/mol. The van der Waals surface area contributed by atoms with Crippen molar-refractivity contribution in [2.45, 2.75) is 26.3 Å². The summed E-state index contributed by atoms with van der Waals surface area (Å²) in [5, 5.41) is 2.73. The number of nitrogens with one attached hydrogen (secondary N) is 1. The van der Waals surface area contributed by atoms with Crippen LogP contribution in [0.1, 0.15) is 30.6 Å². The Labute approximate surface area is 158 Å². The molecule has 8 heteroatoms. The van der Waals surface area contributed by atoms with Crippen molar-refractivity contribution in [3.8, 4) is 11.6 Å². The number of carbonyl (C=O) groups is 2. The first-order valence-corrected chi connectivity index (χ1v) is 8.01. The number of hydrogen-bond donors (Lipinski definition) is 3. The number of pyridine rings is 1. The van der Waals surface area contributed by atoms with Gasteiger partial charge in [0.2, 0.25) is 17.7 Å².